The number of ether oxygens (including phenoxy) is 1. The lowest BCUT2D eigenvalue weighted by Crippen LogP contribution is -2.66. The molecular weight excluding hydrogens is 368 g/mol. The Bertz CT molecular complexity index is 747. The average molecular weight is 383 g/mol. The molecule has 1 aromatic carbocycles. The Kier molecular flexibility index (Phi) is 4.51. The fraction of sp³-hybridized carbons (Fsp3) is 0.375. The molecule has 0 radical (unpaired) electrons. The maximum atomic E-state index is 12.4. The third kappa shape index (κ3) is 3.11. The van der Waals surface area contributed by atoms with Gasteiger partial charge in [0.1, 0.15) is 12.6 Å². The Balaban J connectivity index is 1.63. The molecule has 25 heavy (non-hydrogen) atoms. The van der Waals surface area contributed by atoms with Crippen LogP contribution in [0.3, 0.4) is 0 Å². The number of benzene rings is 1. The predicted octanol–water partition coefficient (Wildman–Crippen LogP) is 1.66. The van der Waals surface area contributed by atoms with E-state index in [0.29, 0.717) is 11.1 Å². The molecule has 0 spiro atoms. The first-order valence-corrected chi connectivity index (χ1v) is 9.17. The van der Waals surface area contributed by atoms with Gasteiger partial charge in [0.05, 0.1) is 17.7 Å². The highest BCUT2D eigenvalue weighted by Crippen LogP contribution is 2.31. The highest BCUT2D eigenvalue weighted by Gasteiger charge is 2.50. The molecule has 9 heteroatoms. The Morgan fingerprint density at radius 2 is 1.80 bits per heavy atom. The first-order chi connectivity index (χ1) is 11.7. The van der Waals surface area contributed by atoms with Gasteiger partial charge in [-0.1, -0.05) is 12.1 Å². The molecule has 3 amide bonds. The second-order valence-corrected chi connectivity index (χ2v) is 7.81. The minimum atomic E-state index is -0.908. The van der Waals surface area contributed by atoms with Crippen molar-refractivity contribution < 1.29 is 23.9 Å². The quantitative estimate of drug-likeness (QED) is 0.333. The number of fused-ring (bicyclic) bond motifs is 1. The summed E-state index contributed by atoms with van der Waals surface area (Å²) in [5.74, 6) is -2.03. The molecule has 0 aromatic heterocycles. The monoisotopic (exact) mass is 382 g/mol. The van der Waals surface area contributed by atoms with Crippen molar-refractivity contribution in [2.45, 2.75) is 24.8 Å². The second-order valence-electron chi connectivity index (χ2n) is 6.21. The molecule has 0 aliphatic carbocycles. The molecule has 2 heterocycles. The van der Waals surface area contributed by atoms with Crippen molar-refractivity contribution in [1.82, 2.24) is 9.80 Å². The van der Waals surface area contributed by atoms with E-state index in [-0.39, 0.29) is 13.1 Å². The predicted molar refractivity (Wildman–Crippen MR) is 90.9 cm³/mol. The summed E-state index contributed by atoms with van der Waals surface area (Å²) in [6.07, 6.45) is 0. The summed E-state index contributed by atoms with van der Waals surface area (Å²) in [7, 11) is 6.46. The minimum Gasteiger partial charge on any atom is -0.446 e. The molecule has 1 aromatic rings. The number of halogens is 1. The van der Waals surface area contributed by atoms with Gasteiger partial charge in [-0.15, -0.1) is 0 Å². The van der Waals surface area contributed by atoms with Gasteiger partial charge in [-0.2, -0.15) is 0 Å². The van der Waals surface area contributed by atoms with Gasteiger partial charge in [-0.05, 0) is 47.6 Å². The Morgan fingerprint density at radius 1 is 1.24 bits per heavy atom. The number of nitrogens with zero attached hydrogens (tertiary/aromatic N) is 2. The SMILES string of the molecule is CC(C)(OC(=O)CN1CC(N2C(=O)c3ccccc3C2=O)C1=O)SCl. The van der Waals surface area contributed by atoms with Crippen LogP contribution in [-0.2, 0) is 14.3 Å². The third-order valence-corrected chi connectivity index (χ3v) is 5.56. The van der Waals surface area contributed by atoms with Crippen LogP contribution >= 0.6 is 21.7 Å². The standard InChI is InChI=1S/C16H15ClN2O5S/c1-16(2,25-17)24-12(20)8-18-7-11(15(18)23)19-13(21)9-5-3-4-6-10(9)14(19)22/h3-6,11H,7-8H2,1-2H3. The van der Waals surface area contributed by atoms with E-state index >= 15 is 0 Å². The second kappa shape index (κ2) is 6.34. The molecule has 132 valence electrons. The number of rotatable bonds is 5. The molecule has 1 unspecified atom stereocenters. The van der Waals surface area contributed by atoms with Crippen LogP contribution in [0.4, 0.5) is 0 Å². The molecule has 3 rings (SSSR count). The van der Waals surface area contributed by atoms with Crippen LogP contribution in [0.5, 0.6) is 0 Å². The lowest BCUT2D eigenvalue weighted by Gasteiger charge is -2.41. The smallest absolute Gasteiger partial charge is 0.327 e. The van der Waals surface area contributed by atoms with Crippen molar-refractivity contribution in [3.63, 3.8) is 0 Å². The zero-order valence-corrected chi connectivity index (χ0v) is 15.1. The summed E-state index contributed by atoms with van der Waals surface area (Å²) in [4.78, 5) is 50.2. The van der Waals surface area contributed by atoms with Crippen LogP contribution in [0.25, 0.3) is 0 Å². The molecule has 1 saturated heterocycles. The molecule has 1 atom stereocenters. The lowest BCUT2D eigenvalue weighted by molar-refractivity contribution is -0.161. The first kappa shape index (κ1) is 17.8. The van der Waals surface area contributed by atoms with Crippen LogP contribution in [-0.4, -0.2) is 57.6 Å². The van der Waals surface area contributed by atoms with E-state index in [2.05, 4.69) is 0 Å². The summed E-state index contributed by atoms with van der Waals surface area (Å²) in [5, 5.41) is 0. The minimum absolute atomic E-state index is 0.105. The molecule has 0 saturated carbocycles. The molecule has 0 bridgehead atoms. The van der Waals surface area contributed by atoms with E-state index in [4.69, 9.17) is 15.4 Å². The summed E-state index contributed by atoms with van der Waals surface area (Å²) in [5.41, 5.74) is 0.582. The van der Waals surface area contributed by atoms with Crippen LogP contribution in [0.1, 0.15) is 34.6 Å². The van der Waals surface area contributed by atoms with Crippen molar-refractivity contribution in [3.8, 4) is 0 Å². The Hall–Kier alpha value is -2.06. The number of carbonyl (C=O) groups is 4. The van der Waals surface area contributed by atoms with Crippen LogP contribution in [0, 0.1) is 0 Å². The number of β-lactam (4-membered cyclic amide) rings is 1. The number of amides is 3. The van der Waals surface area contributed by atoms with Gasteiger partial charge in [0.25, 0.3) is 11.8 Å². The Morgan fingerprint density at radius 3 is 2.28 bits per heavy atom. The highest BCUT2D eigenvalue weighted by molar-refractivity contribution is 8.22. The first-order valence-electron chi connectivity index (χ1n) is 7.52. The van der Waals surface area contributed by atoms with Crippen molar-refractivity contribution in [2.24, 2.45) is 0 Å². The van der Waals surface area contributed by atoms with Gasteiger partial charge < -0.3 is 9.64 Å². The maximum absolute atomic E-state index is 12.4. The van der Waals surface area contributed by atoms with Crippen molar-refractivity contribution in [1.29, 1.82) is 0 Å². The fourth-order valence-electron chi connectivity index (χ4n) is 2.78. The largest absolute Gasteiger partial charge is 0.446 e. The summed E-state index contributed by atoms with van der Waals surface area (Å²) >= 11 is 0. The number of likely N-dealkylation sites (tertiary alicyclic amines) is 1. The lowest BCUT2D eigenvalue weighted by atomic mass is 10.1. The van der Waals surface area contributed by atoms with E-state index in [1.54, 1.807) is 38.1 Å². The van der Waals surface area contributed by atoms with Gasteiger partial charge in [0.2, 0.25) is 5.91 Å². The zero-order valence-electron chi connectivity index (χ0n) is 13.5. The average Bonchev–Trinajstić information content (AvgIpc) is 2.82. The summed E-state index contributed by atoms with van der Waals surface area (Å²) < 4.78 is 5.15. The topological polar surface area (TPSA) is 84.0 Å². The van der Waals surface area contributed by atoms with Crippen LogP contribution in [0.2, 0.25) is 0 Å². The van der Waals surface area contributed by atoms with Crippen molar-refractivity contribution >= 4 is 45.3 Å². The van der Waals surface area contributed by atoms with Gasteiger partial charge in [0.15, 0.2) is 4.93 Å². The molecule has 2 aliphatic heterocycles. The normalized spacial score (nSPS) is 19.8. The Labute approximate surface area is 152 Å². The summed E-state index contributed by atoms with van der Waals surface area (Å²) in [6, 6.07) is 5.56. The van der Waals surface area contributed by atoms with Gasteiger partial charge in [-0.25, -0.2) is 0 Å². The number of hydrogen-bond acceptors (Lipinski definition) is 6. The van der Waals surface area contributed by atoms with E-state index in [0.717, 1.165) is 15.9 Å². The van der Waals surface area contributed by atoms with E-state index in [1.807, 2.05) is 0 Å². The fourth-order valence-corrected chi connectivity index (χ4v) is 3.00. The zero-order chi connectivity index (χ0) is 18.4. The van der Waals surface area contributed by atoms with Crippen molar-refractivity contribution in [3.05, 3.63) is 35.4 Å². The maximum Gasteiger partial charge on any atom is 0.327 e. The van der Waals surface area contributed by atoms with Gasteiger partial charge in [-0.3, -0.25) is 24.1 Å². The molecule has 2 aliphatic rings. The molecular formula is C16H15ClN2O5S. The highest BCUT2D eigenvalue weighted by atomic mass is 35.7. The number of hydrogen-bond donors (Lipinski definition) is 0. The third-order valence-electron chi connectivity index (χ3n) is 3.99. The van der Waals surface area contributed by atoms with E-state index < -0.39 is 34.7 Å². The van der Waals surface area contributed by atoms with Crippen LogP contribution < -0.4 is 0 Å². The van der Waals surface area contributed by atoms with Crippen molar-refractivity contribution in [2.75, 3.05) is 13.1 Å². The van der Waals surface area contributed by atoms with E-state index in [1.165, 1.54) is 4.90 Å². The number of carbonyl (C=O) groups excluding carboxylic acids is 4. The van der Waals surface area contributed by atoms with Crippen LogP contribution in [0.15, 0.2) is 24.3 Å². The van der Waals surface area contributed by atoms with E-state index in [9.17, 15) is 19.2 Å². The molecule has 0 N–H and O–H groups in total. The summed E-state index contributed by atoms with van der Waals surface area (Å²) in [6.45, 7) is 3.11. The number of esters is 1. The molecule has 7 nitrogen and oxygen atoms in total. The number of imide groups is 1. The van der Waals surface area contributed by atoms with Gasteiger partial charge >= 0.3 is 5.97 Å². The van der Waals surface area contributed by atoms with Gasteiger partial charge in [0, 0.05) is 0 Å². The molecule has 1 fully saturated rings.